The molecule has 76 valence electrons. The zero-order valence-corrected chi connectivity index (χ0v) is 7.96. The Hall–Kier alpha value is -0.930. The summed E-state index contributed by atoms with van der Waals surface area (Å²) in [5.74, 6) is -0.231. The van der Waals surface area contributed by atoms with Gasteiger partial charge in [0.1, 0.15) is 5.82 Å². The molecule has 3 heteroatoms. The molecule has 0 spiro atoms. The van der Waals surface area contributed by atoms with Crippen molar-refractivity contribution in [1.29, 1.82) is 0 Å². The number of hydrogen-bond donors (Lipinski definition) is 2. The first-order chi connectivity index (χ1) is 6.68. The van der Waals surface area contributed by atoms with Crippen LogP contribution in [0.5, 0.6) is 0 Å². The average molecular weight is 195 g/mol. The largest absolute Gasteiger partial charge is 0.388 e. The van der Waals surface area contributed by atoms with Gasteiger partial charge in [-0.1, -0.05) is 12.1 Å². The van der Waals surface area contributed by atoms with Gasteiger partial charge in [0.05, 0.1) is 5.60 Å². The highest BCUT2D eigenvalue weighted by atomic mass is 19.1. The fraction of sp³-hybridized carbons (Fsp3) is 0.455. The van der Waals surface area contributed by atoms with Crippen LogP contribution in [0.4, 0.5) is 4.39 Å². The second-order valence-corrected chi connectivity index (χ2v) is 3.95. The normalized spacial score (nSPS) is 26.7. The molecule has 2 rings (SSSR count). The molecule has 1 saturated heterocycles. The van der Waals surface area contributed by atoms with E-state index in [1.54, 1.807) is 12.1 Å². The van der Waals surface area contributed by atoms with Gasteiger partial charge in [-0.15, -0.1) is 0 Å². The van der Waals surface area contributed by atoms with Crippen LogP contribution in [0.15, 0.2) is 24.3 Å². The minimum Gasteiger partial charge on any atom is -0.388 e. The van der Waals surface area contributed by atoms with E-state index >= 15 is 0 Å². The molecule has 2 N–H and O–H groups in total. The van der Waals surface area contributed by atoms with Gasteiger partial charge in [-0.3, -0.25) is 0 Å². The van der Waals surface area contributed by atoms with Gasteiger partial charge in [-0.25, -0.2) is 4.39 Å². The van der Waals surface area contributed by atoms with Crippen molar-refractivity contribution in [2.24, 2.45) is 0 Å². The van der Waals surface area contributed by atoms with Gasteiger partial charge < -0.3 is 10.4 Å². The van der Waals surface area contributed by atoms with Gasteiger partial charge in [-0.05, 0) is 30.7 Å². The van der Waals surface area contributed by atoms with E-state index in [2.05, 4.69) is 5.32 Å². The number of aliphatic hydroxyl groups is 1. The Kier molecular flexibility index (Phi) is 2.52. The first-order valence-electron chi connectivity index (χ1n) is 4.86. The molecule has 1 aromatic carbocycles. The van der Waals surface area contributed by atoms with Crippen LogP contribution in [-0.4, -0.2) is 23.8 Å². The summed E-state index contributed by atoms with van der Waals surface area (Å²) >= 11 is 0. The Morgan fingerprint density at radius 1 is 1.36 bits per heavy atom. The van der Waals surface area contributed by atoms with Crippen LogP contribution in [0.3, 0.4) is 0 Å². The summed E-state index contributed by atoms with van der Waals surface area (Å²) in [4.78, 5) is 0. The number of halogens is 1. The SMILES string of the molecule is O[C@]1(Cc2ccc(F)cc2)CCNC1. The van der Waals surface area contributed by atoms with Gasteiger partial charge in [-0.2, -0.15) is 0 Å². The molecule has 1 heterocycles. The first kappa shape index (κ1) is 9.62. The Morgan fingerprint density at radius 2 is 2.07 bits per heavy atom. The van der Waals surface area contributed by atoms with E-state index in [-0.39, 0.29) is 5.82 Å². The fourth-order valence-corrected chi connectivity index (χ4v) is 1.86. The van der Waals surface area contributed by atoms with E-state index < -0.39 is 5.60 Å². The van der Waals surface area contributed by atoms with Crippen molar-refractivity contribution >= 4 is 0 Å². The highest BCUT2D eigenvalue weighted by Crippen LogP contribution is 2.20. The Labute approximate surface area is 82.8 Å². The van der Waals surface area contributed by atoms with E-state index in [1.807, 2.05) is 0 Å². The summed E-state index contributed by atoms with van der Waals surface area (Å²) in [6, 6.07) is 6.32. The number of hydrogen-bond acceptors (Lipinski definition) is 2. The topological polar surface area (TPSA) is 32.3 Å². The van der Waals surface area contributed by atoms with Crippen molar-refractivity contribution in [3.05, 3.63) is 35.6 Å². The highest BCUT2D eigenvalue weighted by Gasteiger charge is 2.30. The van der Waals surface area contributed by atoms with E-state index in [4.69, 9.17) is 0 Å². The zero-order chi connectivity index (χ0) is 10.0. The van der Waals surface area contributed by atoms with Crippen molar-refractivity contribution < 1.29 is 9.50 Å². The van der Waals surface area contributed by atoms with Crippen molar-refractivity contribution in [1.82, 2.24) is 5.32 Å². The number of nitrogens with one attached hydrogen (secondary N) is 1. The third-order valence-electron chi connectivity index (χ3n) is 2.67. The molecule has 0 aromatic heterocycles. The van der Waals surface area contributed by atoms with Crippen molar-refractivity contribution in [3.8, 4) is 0 Å². The van der Waals surface area contributed by atoms with E-state index in [9.17, 15) is 9.50 Å². The minimum atomic E-state index is -0.641. The maximum atomic E-state index is 12.6. The van der Waals surface area contributed by atoms with E-state index in [0.29, 0.717) is 13.0 Å². The number of β-amino-alcohol motifs (C(OH)–C–C–N with tert-alkyl or cyclic N) is 1. The quantitative estimate of drug-likeness (QED) is 0.740. The van der Waals surface area contributed by atoms with Crippen LogP contribution in [-0.2, 0) is 6.42 Å². The third-order valence-corrected chi connectivity index (χ3v) is 2.67. The molecule has 14 heavy (non-hydrogen) atoms. The molecule has 1 aliphatic heterocycles. The third kappa shape index (κ3) is 2.11. The molecule has 0 aliphatic carbocycles. The minimum absolute atomic E-state index is 0.231. The van der Waals surface area contributed by atoms with Crippen LogP contribution in [0.25, 0.3) is 0 Å². The van der Waals surface area contributed by atoms with Crippen LogP contribution in [0, 0.1) is 5.82 Å². The molecule has 1 aromatic rings. The predicted molar refractivity (Wildman–Crippen MR) is 52.5 cm³/mol. The molecule has 1 fully saturated rings. The van der Waals surface area contributed by atoms with Gasteiger partial charge in [0.25, 0.3) is 0 Å². The Balaban J connectivity index is 2.06. The summed E-state index contributed by atoms with van der Waals surface area (Å²) in [7, 11) is 0. The van der Waals surface area contributed by atoms with Gasteiger partial charge in [0.2, 0.25) is 0 Å². The van der Waals surface area contributed by atoms with Crippen molar-refractivity contribution in [3.63, 3.8) is 0 Å². The smallest absolute Gasteiger partial charge is 0.123 e. The standard InChI is InChI=1S/C11H14FNO/c12-10-3-1-9(2-4-10)7-11(14)5-6-13-8-11/h1-4,13-14H,5-8H2/t11-/m0/s1. The van der Waals surface area contributed by atoms with Crippen molar-refractivity contribution in [2.45, 2.75) is 18.4 Å². The summed E-state index contributed by atoms with van der Waals surface area (Å²) in [6.07, 6.45) is 1.37. The lowest BCUT2D eigenvalue weighted by Crippen LogP contribution is -2.33. The second-order valence-electron chi connectivity index (χ2n) is 3.95. The highest BCUT2D eigenvalue weighted by molar-refractivity contribution is 5.18. The summed E-state index contributed by atoms with van der Waals surface area (Å²) in [5.41, 5.74) is 0.343. The molecule has 2 nitrogen and oxygen atoms in total. The molecule has 1 aliphatic rings. The Bertz CT molecular complexity index is 304. The first-order valence-corrected chi connectivity index (χ1v) is 4.86. The molecular weight excluding hydrogens is 181 g/mol. The maximum absolute atomic E-state index is 12.6. The van der Waals surface area contributed by atoms with Gasteiger partial charge in [0, 0.05) is 13.0 Å². The molecular formula is C11H14FNO. The van der Waals surface area contributed by atoms with Gasteiger partial charge in [0.15, 0.2) is 0 Å². The van der Waals surface area contributed by atoms with E-state index in [0.717, 1.165) is 18.5 Å². The molecule has 0 radical (unpaired) electrons. The molecule has 0 bridgehead atoms. The molecule has 1 atom stereocenters. The summed E-state index contributed by atoms with van der Waals surface area (Å²) < 4.78 is 12.6. The maximum Gasteiger partial charge on any atom is 0.123 e. The lowest BCUT2D eigenvalue weighted by Gasteiger charge is -2.20. The van der Waals surface area contributed by atoms with Crippen molar-refractivity contribution in [2.75, 3.05) is 13.1 Å². The monoisotopic (exact) mass is 195 g/mol. The Morgan fingerprint density at radius 3 is 2.64 bits per heavy atom. The van der Waals surface area contributed by atoms with Crippen LogP contribution in [0.1, 0.15) is 12.0 Å². The average Bonchev–Trinajstić information content (AvgIpc) is 2.57. The second kappa shape index (κ2) is 3.67. The van der Waals surface area contributed by atoms with E-state index in [1.165, 1.54) is 12.1 Å². The summed E-state index contributed by atoms with van der Waals surface area (Å²) in [5, 5.41) is 13.2. The van der Waals surface area contributed by atoms with Crippen LogP contribution in [0.2, 0.25) is 0 Å². The predicted octanol–water partition coefficient (Wildman–Crippen LogP) is 1.09. The molecule has 0 unspecified atom stereocenters. The lowest BCUT2D eigenvalue weighted by atomic mass is 9.94. The lowest BCUT2D eigenvalue weighted by molar-refractivity contribution is 0.0619. The fourth-order valence-electron chi connectivity index (χ4n) is 1.86. The zero-order valence-electron chi connectivity index (χ0n) is 7.96. The molecule has 0 amide bonds. The van der Waals surface area contributed by atoms with Crippen LogP contribution >= 0.6 is 0 Å². The number of rotatable bonds is 2. The number of benzene rings is 1. The molecule has 0 saturated carbocycles. The summed E-state index contributed by atoms with van der Waals surface area (Å²) in [6.45, 7) is 1.49. The van der Waals surface area contributed by atoms with Gasteiger partial charge >= 0.3 is 0 Å². The van der Waals surface area contributed by atoms with Crippen LogP contribution < -0.4 is 5.32 Å².